The fourth-order valence-electron chi connectivity index (χ4n) is 3.25. The Morgan fingerprint density at radius 3 is 2.66 bits per heavy atom. The smallest absolute Gasteiger partial charge is 0.376 e. The highest BCUT2D eigenvalue weighted by molar-refractivity contribution is 7.47. The van der Waals surface area contributed by atoms with E-state index in [1.54, 1.807) is 0 Å². The van der Waals surface area contributed by atoms with Gasteiger partial charge in [-0.2, -0.15) is 0 Å². The van der Waals surface area contributed by atoms with Crippen molar-refractivity contribution < 1.29 is 28.0 Å². The molecule has 1 aromatic rings. The van der Waals surface area contributed by atoms with Crippen molar-refractivity contribution in [2.75, 3.05) is 13.2 Å². The maximum atomic E-state index is 12.5. The molecule has 0 saturated carbocycles. The van der Waals surface area contributed by atoms with Crippen LogP contribution in [-0.4, -0.2) is 46.0 Å². The Morgan fingerprint density at radius 1 is 1.29 bits per heavy atom. The van der Waals surface area contributed by atoms with Gasteiger partial charge in [0, 0.05) is 25.5 Å². The van der Waals surface area contributed by atoms with Crippen molar-refractivity contribution in [2.45, 2.75) is 84.3 Å². The molecule has 0 radical (unpaired) electrons. The highest BCUT2D eigenvalue weighted by Gasteiger charge is 2.42. The van der Waals surface area contributed by atoms with Gasteiger partial charge in [0.2, 0.25) is 0 Å². The van der Waals surface area contributed by atoms with Gasteiger partial charge in [-0.15, -0.1) is 12.3 Å². The largest absolute Gasteiger partial charge is 0.472 e. The maximum absolute atomic E-state index is 12.5. The number of phosphoric ester groups is 1. The Balaban J connectivity index is 2.22. The number of nitrogens with zero attached hydrogens (tertiary/aromatic N) is 1. The number of phosphoric acid groups is 1. The van der Waals surface area contributed by atoms with Gasteiger partial charge < -0.3 is 14.4 Å². The number of nitrogens with one attached hydrogen (secondary N) is 1. The molecule has 35 heavy (non-hydrogen) atoms. The van der Waals surface area contributed by atoms with Gasteiger partial charge in [-0.3, -0.25) is 23.4 Å². The zero-order chi connectivity index (χ0) is 26.0. The SMILES string of the molecule is C#CCCCCC#Cc1cn([C@H]2C[C@@H](OP(=O)(O)OCC(C)C)[C@@H](COC(C)C)O2)c(=O)[nH]c1=O. The summed E-state index contributed by atoms with van der Waals surface area (Å²) in [6.45, 7) is 7.49. The third kappa shape index (κ3) is 9.77. The Kier molecular flexibility index (Phi) is 11.5. The molecular weight excluding hydrogens is 475 g/mol. The van der Waals surface area contributed by atoms with E-state index in [4.69, 9.17) is 24.9 Å². The lowest BCUT2D eigenvalue weighted by Gasteiger charge is -2.22. The molecule has 1 aliphatic heterocycles. The first-order chi connectivity index (χ1) is 16.5. The van der Waals surface area contributed by atoms with Crippen LogP contribution in [-0.2, 0) is 23.1 Å². The molecule has 2 N–H and O–H groups in total. The highest BCUT2D eigenvalue weighted by Crippen LogP contribution is 2.48. The van der Waals surface area contributed by atoms with Crippen molar-refractivity contribution in [2.24, 2.45) is 5.92 Å². The molecule has 0 aliphatic carbocycles. The van der Waals surface area contributed by atoms with Gasteiger partial charge in [0.15, 0.2) is 0 Å². The van der Waals surface area contributed by atoms with Crippen molar-refractivity contribution in [1.82, 2.24) is 9.55 Å². The monoisotopic (exact) mass is 510 g/mol. The number of unbranched alkanes of at least 4 members (excludes halogenated alkanes) is 3. The molecule has 0 spiro atoms. The standard InChI is InChI=1S/C24H35N2O8P/c1-6-7-8-9-10-11-12-19-14-26(24(28)25-23(19)27)22-13-20(21(33-22)16-31-18(4)5)34-35(29,30)32-15-17(2)3/h1,14,17-18,20-22H,7-10,13,15-16H2,2-5H3,(H,29,30)(H,25,27,28)/t20-,21-,22-/m1/s1. The molecule has 2 heterocycles. The van der Waals surface area contributed by atoms with Crippen molar-refractivity contribution in [1.29, 1.82) is 0 Å². The van der Waals surface area contributed by atoms with Gasteiger partial charge in [0.1, 0.15) is 24.0 Å². The average molecular weight is 511 g/mol. The summed E-state index contributed by atoms with van der Waals surface area (Å²) >= 11 is 0. The van der Waals surface area contributed by atoms with Crippen LogP contribution >= 0.6 is 7.82 Å². The number of H-pyrrole nitrogens is 1. The number of terminal acetylenes is 1. The maximum Gasteiger partial charge on any atom is 0.472 e. The Hall–Kier alpha value is -2.17. The van der Waals surface area contributed by atoms with E-state index in [0.29, 0.717) is 12.8 Å². The van der Waals surface area contributed by atoms with E-state index in [-0.39, 0.29) is 37.2 Å². The molecule has 1 aromatic heterocycles. The third-order valence-electron chi connectivity index (χ3n) is 4.99. The molecule has 10 nitrogen and oxygen atoms in total. The Bertz CT molecular complexity index is 1090. The first-order valence-electron chi connectivity index (χ1n) is 11.7. The van der Waals surface area contributed by atoms with Crippen LogP contribution in [0.3, 0.4) is 0 Å². The Labute approximate surface area is 205 Å². The fraction of sp³-hybridized carbons (Fsp3) is 0.667. The second-order valence-electron chi connectivity index (χ2n) is 8.97. The summed E-state index contributed by atoms with van der Waals surface area (Å²) in [6, 6.07) is 0. The minimum atomic E-state index is -4.37. The molecule has 11 heteroatoms. The molecule has 1 unspecified atom stereocenters. The van der Waals surface area contributed by atoms with Crippen LogP contribution in [0.4, 0.5) is 0 Å². The van der Waals surface area contributed by atoms with E-state index >= 15 is 0 Å². The highest BCUT2D eigenvalue weighted by atomic mass is 31.2. The number of hydrogen-bond acceptors (Lipinski definition) is 7. The topological polar surface area (TPSA) is 129 Å². The summed E-state index contributed by atoms with van der Waals surface area (Å²) in [7, 11) is -4.37. The number of rotatable bonds is 12. The zero-order valence-corrected chi connectivity index (χ0v) is 21.6. The van der Waals surface area contributed by atoms with Gasteiger partial charge in [-0.05, 0) is 32.6 Å². The molecule has 0 bridgehead atoms. The van der Waals surface area contributed by atoms with Crippen LogP contribution in [0.5, 0.6) is 0 Å². The van der Waals surface area contributed by atoms with Gasteiger partial charge in [0.05, 0.1) is 19.3 Å². The van der Waals surface area contributed by atoms with E-state index < -0.39 is 37.5 Å². The molecule has 1 aliphatic rings. The molecule has 194 valence electrons. The van der Waals surface area contributed by atoms with E-state index in [1.807, 2.05) is 27.7 Å². The molecule has 0 aromatic carbocycles. The molecular formula is C24H35N2O8P. The average Bonchev–Trinajstić information content (AvgIpc) is 3.16. The van der Waals surface area contributed by atoms with Crippen LogP contribution in [0.2, 0.25) is 0 Å². The van der Waals surface area contributed by atoms with Gasteiger partial charge >= 0.3 is 13.5 Å². The number of ether oxygens (including phenoxy) is 2. The van der Waals surface area contributed by atoms with Crippen molar-refractivity contribution in [3.63, 3.8) is 0 Å². The summed E-state index contributed by atoms with van der Waals surface area (Å²) in [4.78, 5) is 37.2. The molecule has 1 saturated heterocycles. The normalized spacial score (nSPS) is 21.5. The van der Waals surface area contributed by atoms with Crippen LogP contribution in [0, 0.1) is 30.1 Å². The lowest BCUT2D eigenvalue weighted by atomic mass is 10.2. The van der Waals surface area contributed by atoms with Crippen LogP contribution in [0.15, 0.2) is 15.8 Å². The quantitative estimate of drug-likeness (QED) is 0.250. The molecule has 1 fully saturated rings. The van der Waals surface area contributed by atoms with Crippen LogP contribution in [0.1, 0.15) is 71.6 Å². The molecule has 2 rings (SSSR count). The van der Waals surface area contributed by atoms with E-state index in [2.05, 4.69) is 22.7 Å². The van der Waals surface area contributed by atoms with E-state index in [1.165, 1.54) is 10.8 Å². The number of aromatic nitrogens is 2. The van der Waals surface area contributed by atoms with E-state index in [0.717, 1.165) is 12.8 Å². The lowest BCUT2D eigenvalue weighted by Crippen LogP contribution is -2.34. The van der Waals surface area contributed by atoms with Crippen molar-refractivity contribution in [3.05, 3.63) is 32.6 Å². The van der Waals surface area contributed by atoms with Crippen molar-refractivity contribution in [3.8, 4) is 24.2 Å². The van der Waals surface area contributed by atoms with Gasteiger partial charge in [0.25, 0.3) is 5.56 Å². The second kappa shape index (κ2) is 13.8. The zero-order valence-electron chi connectivity index (χ0n) is 20.7. The summed E-state index contributed by atoms with van der Waals surface area (Å²) < 4.78 is 35.7. The lowest BCUT2D eigenvalue weighted by molar-refractivity contribution is -0.0746. The molecule has 4 atom stereocenters. The first kappa shape index (κ1) is 29.1. The van der Waals surface area contributed by atoms with Crippen LogP contribution < -0.4 is 11.2 Å². The van der Waals surface area contributed by atoms with Gasteiger partial charge in [-0.25, -0.2) is 9.36 Å². The minimum Gasteiger partial charge on any atom is -0.376 e. The number of hydrogen-bond donors (Lipinski definition) is 2. The predicted octanol–water partition coefficient (Wildman–Crippen LogP) is 2.95. The molecule has 0 amide bonds. The number of aromatic amines is 1. The second-order valence-corrected chi connectivity index (χ2v) is 10.4. The van der Waals surface area contributed by atoms with Crippen LogP contribution in [0.25, 0.3) is 0 Å². The van der Waals surface area contributed by atoms with Gasteiger partial charge in [-0.1, -0.05) is 25.7 Å². The first-order valence-corrected chi connectivity index (χ1v) is 13.2. The fourth-order valence-corrected chi connectivity index (χ4v) is 4.36. The Morgan fingerprint density at radius 2 is 2.00 bits per heavy atom. The predicted molar refractivity (Wildman–Crippen MR) is 131 cm³/mol. The summed E-state index contributed by atoms with van der Waals surface area (Å²) in [5.74, 6) is 8.30. The summed E-state index contributed by atoms with van der Waals surface area (Å²) in [5.41, 5.74) is -1.18. The van der Waals surface area contributed by atoms with E-state index in [9.17, 15) is 19.0 Å². The third-order valence-corrected chi connectivity index (χ3v) is 6.00. The summed E-state index contributed by atoms with van der Waals surface area (Å²) in [6.07, 6.45) is 6.89. The van der Waals surface area contributed by atoms with Crippen molar-refractivity contribution >= 4 is 7.82 Å². The summed E-state index contributed by atoms with van der Waals surface area (Å²) in [5, 5.41) is 0. The minimum absolute atomic E-state index is 0.0308.